The fraction of sp³-hybridized carbons (Fsp3) is 0.429. The van der Waals surface area contributed by atoms with Gasteiger partial charge in [0.05, 0.1) is 0 Å². The average molecular weight is 288 g/mol. The highest BCUT2D eigenvalue weighted by Gasteiger charge is 2.24. The quantitative estimate of drug-likeness (QED) is 0.472. The second kappa shape index (κ2) is 10.2. The summed E-state index contributed by atoms with van der Waals surface area (Å²) in [6.07, 6.45) is 0. The van der Waals surface area contributed by atoms with E-state index in [0.717, 1.165) is 0 Å². The molecule has 0 bridgehead atoms. The van der Waals surface area contributed by atoms with Crippen molar-refractivity contribution in [2.75, 3.05) is 0 Å². The lowest BCUT2D eigenvalue weighted by molar-refractivity contribution is 0.954. The Balaban J connectivity index is 0. The van der Waals surface area contributed by atoms with Crippen LogP contribution in [0.5, 0.6) is 0 Å². The maximum absolute atomic E-state index is 2.32. The summed E-state index contributed by atoms with van der Waals surface area (Å²) in [6.45, 7) is 16.5. The topological polar surface area (TPSA) is 0 Å². The fourth-order valence-electron chi connectivity index (χ4n) is 2.57. The standard InChI is InChI=1S/C15H14.3C2H6.H2/c1-10-7-8-14-13-6-4-3-5-12(13)11(2)15(14)9-10;3*1-2;/h3-9,11H,1-2H3;3*1-2H3;1H/i;;;;1+1. The minimum Gasteiger partial charge on any atom is -0.0683 e. The van der Waals surface area contributed by atoms with E-state index in [1.807, 2.05) is 41.5 Å². The van der Waals surface area contributed by atoms with Gasteiger partial charge in [0.2, 0.25) is 0 Å². The van der Waals surface area contributed by atoms with Crippen molar-refractivity contribution >= 4 is 0 Å². The number of fused-ring (bicyclic) bond motifs is 3. The molecule has 0 saturated heterocycles. The van der Waals surface area contributed by atoms with Gasteiger partial charge < -0.3 is 0 Å². The largest absolute Gasteiger partial charge is 0.0683 e. The summed E-state index contributed by atoms with van der Waals surface area (Å²) in [5.41, 5.74) is 7.14. The molecule has 118 valence electrons. The molecule has 0 saturated carbocycles. The Morgan fingerprint density at radius 1 is 0.714 bits per heavy atom. The molecule has 1 unspecified atom stereocenters. The zero-order valence-corrected chi connectivity index (χ0v) is 15.1. The maximum atomic E-state index is 2.32. The van der Waals surface area contributed by atoms with Crippen molar-refractivity contribution in [1.29, 1.82) is 0 Å². The number of aryl methyl sites for hydroxylation is 1. The van der Waals surface area contributed by atoms with Crippen molar-refractivity contribution in [2.45, 2.75) is 61.3 Å². The first-order valence-electron chi connectivity index (χ1n) is 8.47. The Hall–Kier alpha value is -1.56. The molecule has 1 aliphatic carbocycles. The van der Waals surface area contributed by atoms with Crippen molar-refractivity contribution < 1.29 is 1.43 Å². The van der Waals surface area contributed by atoms with E-state index in [-0.39, 0.29) is 1.43 Å². The van der Waals surface area contributed by atoms with Crippen LogP contribution in [0.1, 0.15) is 72.5 Å². The normalized spacial score (nSPS) is 13.2. The fourth-order valence-corrected chi connectivity index (χ4v) is 2.57. The van der Waals surface area contributed by atoms with Crippen molar-refractivity contribution in [3.05, 3.63) is 59.2 Å². The summed E-state index contributed by atoms with van der Waals surface area (Å²) in [6, 6.07) is 15.5. The molecule has 0 aromatic heterocycles. The molecule has 0 spiro atoms. The van der Waals surface area contributed by atoms with E-state index >= 15 is 0 Å². The number of hydrogen-bond acceptors (Lipinski definition) is 0. The molecule has 1 aliphatic rings. The van der Waals surface area contributed by atoms with Crippen LogP contribution < -0.4 is 0 Å². The first-order chi connectivity index (χ1) is 10.3. The Bertz CT molecular complexity index is 529. The lowest BCUT2D eigenvalue weighted by atomic mass is 9.98. The van der Waals surface area contributed by atoms with Gasteiger partial charge in [0.1, 0.15) is 0 Å². The summed E-state index contributed by atoms with van der Waals surface area (Å²) in [5.74, 6) is 0.552. The van der Waals surface area contributed by atoms with Gasteiger partial charge in [-0.2, -0.15) is 0 Å². The lowest BCUT2D eigenvalue weighted by Crippen LogP contribution is -1.89. The third-order valence-electron chi connectivity index (χ3n) is 3.39. The van der Waals surface area contributed by atoms with Gasteiger partial charge in [-0.1, -0.05) is 96.5 Å². The van der Waals surface area contributed by atoms with E-state index in [1.165, 1.54) is 27.8 Å². The van der Waals surface area contributed by atoms with Crippen LogP contribution in [0.4, 0.5) is 0 Å². The molecule has 0 radical (unpaired) electrons. The third kappa shape index (κ3) is 4.20. The molecular formula is C21H34. The SMILES string of the molecule is CC.CC.CC.Cc1ccc2c(c1)C(C)c1ccccc1-2.[2HH]. The van der Waals surface area contributed by atoms with Crippen LogP contribution >= 0.6 is 0 Å². The zero-order valence-electron chi connectivity index (χ0n) is 15.1. The van der Waals surface area contributed by atoms with Crippen molar-refractivity contribution in [1.82, 2.24) is 0 Å². The predicted molar refractivity (Wildman–Crippen MR) is 100 cm³/mol. The summed E-state index contributed by atoms with van der Waals surface area (Å²) < 4.78 is 0. The maximum Gasteiger partial charge on any atom is 0.00734 e. The smallest absolute Gasteiger partial charge is 0.00734 e. The van der Waals surface area contributed by atoms with E-state index in [1.54, 1.807) is 0 Å². The molecule has 0 aliphatic heterocycles. The minimum absolute atomic E-state index is 0. The average Bonchev–Trinajstić information content (AvgIpc) is 2.86. The lowest BCUT2D eigenvalue weighted by Gasteiger charge is -2.06. The van der Waals surface area contributed by atoms with Crippen molar-refractivity contribution in [3.63, 3.8) is 0 Å². The summed E-state index contributed by atoms with van der Waals surface area (Å²) >= 11 is 0. The second-order valence-electron chi connectivity index (χ2n) is 4.40. The van der Waals surface area contributed by atoms with E-state index in [0.29, 0.717) is 5.92 Å². The monoisotopic (exact) mass is 287 g/mol. The molecule has 0 heterocycles. The van der Waals surface area contributed by atoms with Gasteiger partial charge in [-0.15, -0.1) is 0 Å². The number of benzene rings is 2. The van der Waals surface area contributed by atoms with E-state index < -0.39 is 0 Å². The van der Waals surface area contributed by atoms with E-state index in [2.05, 4.69) is 56.3 Å². The van der Waals surface area contributed by atoms with Crippen LogP contribution in [0, 0.1) is 6.92 Å². The van der Waals surface area contributed by atoms with Crippen LogP contribution in [0.2, 0.25) is 0 Å². The van der Waals surface area contributed by atoms with Gasteiger partial charge in [0.15, 0.2) is 0 Å². The summed E-state index contributed by atoms with van der Waals surface area (Å²) in [5, 5.41) is 0. The Labute approximate surface area is 133 Å². The number of rotatable bonds is 0. The highest BCUT2D eigenvalue weighted by atomic mass is 14.3. The van der Waals surface area contributed by atoms with Gasteiger partial charge in [-0.3, -0.25) is 0 Å². The molecule has 0 nitrogen and oxygen atoms in total. The van der Waals surface area contributed by atoms with Crippen LogP contribution in [0.15, 0.2) is 42.5 Å². The second-order valence-corrected chi connectivity index (χ2v) is 4.40. The molecule has 0 N–H and O–H groups in total. The molecule has 0 amide bonds. The zero-order chi connectivity index (χ0) is 16.4. The summed E-state index contributed by atoms with van der Waals surface area (Å²) in [7, 11) is 0. The van der Waals surface area contributed by atoms with Crippen molar-refractivity contribution in [2.24, 2.45) is 0 Å². The van der Waals surface area contributed by atoms with Gasteiger partial charge >= 0.3 is 0 Å². The van der Waals surface area contributed by atoms with Gasteiger partial charge in [-0.05, 0) is 29.2 Å². The van der Waals surface area contributed by atoms with E-state index in [9.17, 15) is 0 Å². The number of hydrogen-bond donors (Lipinski definition) is 0. The third-order valence-corrected chi connectivity index (χ3v) is 3.39. The first-order valence-corrected chi connectivity index (χ1v) is 8.47. The molecule has 2 aromatic rings. The van der Waals surface area contributed by atoms with Crippen LogP contribution in [0.25, 0.3) is 11.1 Å². The Kier molecular flexibility index (Phi) is 9.45. The molecule has 0 fully saturated rings. The highest BCUT2D eigenvalue weighted by Crippen LogP contribution is 2.44. The van der Waals surface area contributed by atoms with Crippen LogP contribution in [-0.2, 0) is 0 Å². The molecule has 2 aromatic carbocycles. The Morgan fingerprint density at radius 2 is 1.24 bits per heavy atom. The highest BCUT2D eigenvalue weighted by molar-refractivity contribution is 5.78. The van der Waals surface area contributed by atoms with Gasteiger partial charge in [0, 0.05) is 7.34 Å². The van der Waals surface area contributed by atoms with Crippen LogP contribution in [-0.4, -0.2) is 0 Å². The molecule has 0 heteroatoms. The molecule has 21 heavy (non-hydrogen) atoms. The molecular weight excluding hydrogens is 252 g/mol. The van der Waals surface area contributed by atoms with Gasteiger partial charge in [0.25, 0.3) is 0 Å². The first kappa shape index (κ1) is 19.4. The van der Waals surface area contributed by atoms with Gasteiger partial charge in [-0.25, -0.2) is 0 Å². The molecule has 1 atom stereocenters. The van der Waals surface area contributed by atoms with E-state index in [4.69, 9.17) is 0 Å². The predicted octanol–water partition coefficient (Wildman–Crippen LogP) is 7.45. The Morgan fingerprint density at radius 3 is 1.86 bits per heavy atom. The van der Waals surface area contributed by atoms with Crippen molar-refractivity contribution in [3.8, 4) is 11.1 Å². The molecule has 3 rings (SSSR count). The summed E-state index contributed by atoms with van der Waals surface area (Å²) in [4.78, 5) is 0. The minimum atomic E-state index is 0. The van der Waals surface area contributed by atoms with Crippen LogP contribution in [0.3, 0.4) is 0 Å².